The smallest absolute Gasteiger partial charge is 0.0107 e. The highest BCUT2D eigenvalue weighted by atomic mass is 15.1. The number of rotatable bonds is 12. The molecule has 0 aliphatic heterocycles. The fourth-order valence-corrected chi connectivity index (χ4v) is 3.62. The molecule has 1 aliphatic carbocycles. The lowest BCUT2D eigenvalue weighted by Crippen LogP contribution is -2.40. The Balaban J connectivity index is 2.28. The van der Waals surface area contributed by atoms with E-state index in [2.05, 4.69) is 42.8 Å². The summed E-state index contributed by atoms with van der Waals surface area (Å²) in [6.45, 7) is 17.7. The normalized spacial score (nSPS) is 22.6. The summed E-state index contributed by atoms with van der Waals surface area (Å²) in [6.07, 6.45) is 6.80. The number of nitrogens with one attached hydrogen (secondary N) is 1. The first-order valence-corrected chi connectivity index (χ1v) is 9.43. The lowest BCUT2D eigenvalue weighted by molar-refractivity contribution is 0.204. The molecule has 1 fully saturated rings. The van der Waals surface area contributed by atoms with Crippen LogP contribution in [0.5, 0.6) is 0 Å². The van der Waals surface area contributed by atoms with Gasteiger partial charge in [0.15, 0.2) is 0 Å². The molecule has 0 aromatic heterocycles. The van der Waals surface area contributed by atoms with Crippen LogP contribution in [0.15, 0.2) is 0 Å². The minimum absolute atomic E-state index is 0.779. The van der Waals surface area contributed by atoms with Crippen LogP contribution in [0.1, 0.15) is 59.8 Å². The van der Waals surface area contributed by atoms with Gasteiger partial charge in [0.25, 0.3) is 0 Å². The molecule has 0 radical (unpaired) electrons. The summed E-state index contributed by atoms with van der Waals surface area (Å²) in [5.74, 6) is 0.880. The molecule has 0 aromatic rings. The van der Waals surface area contributed by atoms with E-state index in [1.54, 1.807) is 0 Å². The Labute approximate surface area is 133 Å². The fraction of sp³-hybridized carbons (Fsp3) is 1.00. The summed E-state index contributed by atoms with van der Waals surface area (Å²) in [5.41, 5.74) is 0. The minimum atomic E-state index is 0.779. The molecular weight excluding hydrogens is 258 g/mol. The maximum absolute atomic E-state index is 3.77. The molecule has 126 valence electrons. The summed E-state index contributed by atoms with van der Waals surface area (Å²) < 4.78 is 0. The van der Waals surface area contributed by atoms with Crippen molar-refractivity contribution in [2.75, 3.05) is 45.8 Å². The Morgan fingerprint density at radius 3 is 2.19 bits per heavy atom. The van der Waals surface area contributed by atoms with Crippen molar-refractivity contribution in [1.82, 2.24) is 15.1 Å². The second kappa shape index (κ2) is 11.4. The molecule has 3 nitrogen and oxygen atoms in total. The lowest BCUT2D eigenvalue weighted by Gasteiger charge is -2.29. The second-order valence-electron chi connectivity index (χ2n) is 6.53. The van der Waals surface area contributed by atoms with Crippen LogP contribution in [0.4, 0.5) is 0 Å². The Hall–Kier alpha value is -0.120. The molecule has 0 amide bonds. The van der Waals surface area contributed by atoms with E-state index in [0.717, 1.165) is 12.0 Å². The van der Waals surface area contributed by atoms with Gasteiger partial charge in [-0.3, -0.25) is 0 Å². The highest BCUT2D eigenvalue weighted by Crippen LogP contribution is 2.26. The average molecular weight is 298 g/mol. The van der Waals surface area contributed by atoms with E-state index in [1.807, 2.05) is 0 Å². The van der Waals surface area contributed by atoms with E-state index < -0.39 is 0 Å². The summed E-state index contributed by atoms with van der Waals surface area (Å²) in [6, 6.07) is 0.779. The largest absolute Gasteiger partial charge is 0.314 e. The van der Waals surface area contributed by atoms with E-state index in [4.69, 9.17) is 0 Å². The molecule has 1 saturated carbocycles. The predicted molar refractivity (Wildman–Crippen MR) is 93.9 cm³/mol. The van der Waals surface area contributed by atoms with Crippen molar-refractivity contribution in [3.8, 4) is 0 Å². The summed E-state index contributed by atoms with van der Waals surface area (Å²) in [5, 5.41) is 3.77. The zero-order valence-electron chi connectivity index (χ0n) is 15.0. The standard InChI is InChI=1S/C18H39N3/c1-5-13-19-18-12-9-11-17(18)16-21(8-4)15-10-14-20(6-2)7-3/h17-19H,5-16H2,1-4H3. The molecule has 21 heavy (non-hydrogen) atoms. The quantitative estimate of drug-likeness (QED) is 0.597. The maximum atomic E-state index is 3.77. The third-order valence-electron chi connectivity index (χ3n) is 5.10. The molecule has 0 heterocycles. The maximum Gasteiger partial charge on any atom is 0.0107 e. The van der Waals surface area contributed by atoms with Gasteiger partial charge < -0.3 is 15.1 Å². The van der Waals surface area contributed by atoms with Crippen LogP contribution < -0.4 is 5.32 Å². The van der Waals surface area contributed by atoms with Crippen molar-refractivity contribution in [2.45, 2.75) is 65.8 Å². The van der Waals surface area contributed by atoms with E-state index >= 15 is 0 Å². The summed E-state index contributed by atoms with van der Waals surface area (Å²) >= 11 is 0. The van der Waals surface area contributed by atoms with Gasteiger partial charge in [0.2, 0.25) is 0 Å². The van der Waals surface area contributed by atoms with Crippen LogP contribution in [0.2, 0.25) is 0 Å². The molecule has 1 rings (SSSR count). The SMILES string of the molecule is CCCNC1CCCC1CN(CC)CCCN(CC)CC. The fourth-order valence-electron chi connectivity index (χ4n) is 3.62. The Morgan fingerprint density at radius 2 is 1.57 bits per heavy atom. The van der Waals surface area contributed by atoms with E-state index in [0.29, 0.717) is 0 Å². The second-order valence-corrected chi connectivity index (χ2v) is 6.53. The number of hydrogen-bond donors (Lipinski definition) is 1. The molecule has 0 aromatic carbocycles. The van der Waals surface area contributed by atoms with E-state index in [9.17, 15) is 0 Å². The van der Waals surface area contributed by atoms with Crippen LogP contribution in [0.25, 0.3) is 0 Å². The van der Waals surface area contributed by atoms with Crippen LogP contribution in [-0.2, 0) is 0 Å². The van der Waals surface area contributed by atoms with Gasteiger partial charge in [0, 0.05) is 12.6 Å². The third kappa shape index (κ3) is 7.12. The van der Waals surface area contributed by atoms with Gasteiger partial charge in [-0.1, -0.05) is 34.1 Å². The van der Waals surface area contributed by atoms with Gasteiger partial charge in [0.05, 0.1) is 0 Å². The van der Waals surface area contributed by atoms with Crippen molar-refractivity contribution < 1.29 is 0 Å². The van der Waals surface area contributed by atoms with Gasteiger partial charge in [-0.15, -0.1) is 0 Å². The van der Waals surface area contributed by atoms with Gasteiger partial charge in [-0.05, 0) is 70.9 Å². The van der Waals surface area contributed by atoms with Gasteiger partial charge in [-0.25, -0.2) is 0 Å². The molecular formula is C18H39N3. The monoisotopic (exact) mass is 297 g/mol. The molecule has 0 bridgehead atoms. The van der Waals surface area contributed by atoms with Crippen LogP contribution in [0, 0.1) is 5.92 Å². The first-order valence-electron chi connectivity index (χ1n) is 9.43. The third-order valence-corrected chi connectivity index (χ3v) is 5.10. The van der Waals surface area contributed by atoms with Crippen LogP contribution in [-0.4, -0.2) is 61.7 Å². The van der Waals surface area contributed by atoms with Crippen LogP contribution >= 0.6 is 0 Å². The number of nitrogens with zero attached hydrogens (tertiary/aromatic N) is 2. The van der Waals surface area contributed by atoms with Gasteiger partial charge >= 0.3 is 0 Å². The highest BCUT2D eigenvalue weighted by Gasteiger charge is 2.27. The molecule has 3 heteroatoms. The molecule has 0 spiro atoms. The van der Waals surface area contributed by atoms with Crippen molar-refractivity contribution in [3.63, 3.8) is 0 Å². The van der Waals surface area contributed by atoms with Crippen molar-refractivity contribution in [2.24, 2.45) is 5.92 Å². The minimum Gasteiger partial charge on any atom is -0.314 e. The molecule has 1 N–H and O–H groups in total. The van der Waals surface area contributed by atoms with Crippen molar-refractivity contribution >= 4 is 0 Å². The summed E-state index contributed by atoms with van der Waals surface area (Å²) in [4.78, 5) is 5.22. The van der Waals surface area contributed by atoms with E-state index in [1.165, 1.54) is 77.9 Å². The molecule has 1 aliphatic rings. The topological polar surface area (TPSA) is 18.5 Å². The Morgan fingerprint density at radius 1 is 0.905 bits per heavy atom. The first kappa shape index (κ1) is 18.9. The average Bonchev–Trinajstić information content (AvgIpc) is 2.95. The zero-order valence-corrected chi connectivity index (χ0v) is 15.0. The van der Waals surface area contributed by atoms with Crippen LogP contribution in [0.3, 0.4) is 0 Å². The summed E-state index contributed by atoms with van der Waals surface area (Å²) in [7, 11) is 0. The first-order chi connectivity index (χ1) is 10.2. The molecule has 2 atom stereocenters. The van der Waals surface area contributed by atoms with E-state index in [-0.39, 0.29) is 0 Å². The van der Waals surface area contributed by atoms with Crippen molar-refractivity contribution in [1.29, 1.82) is 0 Å². The highest BCUT2D eigenvalue weighted by molar-refractivity contribution is 4.85. The Bertz CT molecular complexity index is 241. The van der Waals surface area contributed by atoms with Gasteiger partial charge in [-0.2, -0.15) is 0 Å². The predicted octanol–water partition coefficient (Wildman–Crippen LogP) is 3.21. The molecule has 0 saturated heterocycles. The van der Waals surface area contributed by atoms with Crippen molar-refractivity contribution in [3.05, 3.63) is 0 Å². The Kier molecular flexibility index (Phi) is 10.3. The zero-order chi connectivity index (χ0) is 15.5. The lowest BCUT2D eigenvalue weighted by atomic mass is 10.0. The number of hydrogen-bond acceptors (Lipinski definition) is 3. The van der Waals surface area contributed by atoms with Gasteiger partial charge in [0.1, 0.15) is 0 Å². The molecule has 2 unspecified atom stereocenters.